The van der Waals surface area contributed by atoms with Gasteiger partial charge < -0.3 is 34.4 Å². The third-order valence-corrected chi connectivity index (χ3v) is 7.16. The number of carbonyl (C=O) groups is 1. The first-order valence-corrected chi connectivity index (χ1v) is 13.3. The summed E-state index contributed by atoms with van der Waals surface area (Å²) < 4.78 is 17.5. The number of amides is 1. The van der Waals surface area contributed by atoms with Crippen LogP contribution in [0.25, 0.3) is 20.9 Å². The predicted molar refractivity (Wildman–Crippen MR) is 145 cm³/mol. The van der Waals surface area contributed by atoms with Gasteiger partial charge in [0.05, 0.1) is 36.9 Å². The second-order valence-corrected chi connectivity index (χ2v) is 10.0. The van der Waals surface area contributed by atoms with Crippen molar-refractivity contribution in [2.24, 2.45) is 10.2 Å². The molecule has 218 valence electrons. The van der Waals surface area contributed by atoms with Crippen molar-refractivity contribution < 1.29 is 34.3 Å². The van der Waals surface area contributed by atoms with E-state index in [9.17, 15) is 20.1 Å². The third-order valence-electron chi connectivity index (χ3n) is 7.16. The van der Waals surface area contributed by atoms with Crippen molar-refractivity contribution in [2.45, 2.75) is 81.3 Å². The summed E-state index contributed by atoms with van der Waals surface area (Å²) in [4.78, 5) is 20.1. The summed E-state index contributed by atoms with van der Waals surface area (Å²) in [6.07, 6.45) is -7.09. The van der Waals surface area contributed by atoms with E-state index in [4.69, 9.17) is 25.3 Å². The molecule has 0 spiro atoms. The van der Waals surface area contributed by atoms with Crippen LogP contribution in [0.4, 0.5) is 4.79 Å². The highest BCUT2D eigenvalue weighted by Crippen LogP contribution is 2.31. The number of rotatable bonds is 10. The van der Waals surface area contributed by atoms with Crippen LogP contribution in [-0.4, -0.2) is 81.8 Å². The van der Waals surface area contributed by atoms with Crippen molar-refractivity contribution in [1.82, 2.24) is 4.90 Å². The summed E-state index contributed by atoms with van der Waals surface area (Å²) >= 11 is 0. The first-order valence-electron chi connectivity index (χ1n) is 13.3. The van der Waals surface area contributed by atoms with Gasteiger partial charge in [0.25, 0.3) is 0 Å². The molecule has 14 heteroatoms. The van der Waals surface area contributed by atoms with Crippen molar-refractivity contribution in [1.29, 1.82) is 0 Å². The molecule has 0 bridgehead atoms. The van der Waals surface area contributed by atoms with Crippen molar-refractivity contribution in [3.63, 3.8) is 0 Å². The Morgan fingerprint density at radius 1 is 0.927 bits per heavy atom. The van der Waals surface area contributed by atoms with Crippen LogP contribution in [0.5, 0.6) is 0 Å². The van der Waals surface area contributed by atoms with Gasteiger partial charge in [0.1, 0.15) is 18.8 Å². The fourth-order valence-corrected chi connectivity index (χ4v) is 5.02. The summed E-state index contributed by atoms with van der Waals surface area (Å²) in [7, 11) is 0. The molecule has 14 nitrogen and oxygen atoms in total. The summed E-state index contributed by atoms with van der Waals surface area (Å²) in [5.74, 6) is 0. The van der Waals surface area contributed by atoms with E-state index in [1.54, 1.807) is 0 Å². The molecule has 1 aliphatic carbocycles. The van der Waals surface area contributed by atoms with Gasteiger partial charge in [-0.2, -0.15) is 0 Å². The van der Waals surface area contributed by atoms with Gasteiger partial charge in [0.15, 0.2) is 6.29 Å². The minimum Gasteiger partial charge on any atom is -0.445 e. The zero-order chi connectivity index (χ0) is 29.2. The van der Waals surface area contributed by atoms with Crippen molar-refractivity contribution >= 4 is 6.09 Å². The molecule has 3 N–H and O–H groups in total. The van der Waals surface area contributed by atoms with Gasteiger partial charge in [-0.1, -0.05) is 70.9 Å². The standard InChI is InChI=1S/C27H33N7O7/c28-32-30-20-13-21(31-33-29)25(24(37)23(20)36)41-26-22(35)12-11-19(40-26)15-34(14-17-7-3-1-4-8-17)27(38)39-16-18-9-5-2-6-10-18/h1-10,19-26,35-37H,11-16H2/t19-,20?,21?,22+,23-,24+,25+,26+/m0/s1. The van der Waals surface area contributed by atoms with E-state index >= 15 is 0 Å². The van der Waals surface area contributed by atoms with Crippen LogP contribution in [0.1, 0.15) is 30.4 Å². The quantitative estimate of drug-likeness (QED) is 0.221. The van der Waals surface area contributed by atoms with Gasteiger partial charge in [0.2, 0.25) is 0 Å². The molecule has 1 saturated heterocycles. The van der Waals surface area contributed by atoms with Gasteiger partial charge in [-0.25, -0.2) is 4.79 Å². The Bertz CT molecular complexity index is 1230. The van der Waals surface area contributed by atoms with Gasteiger partial charge in [0, 0.05) is 16.4 Å². The Morgan fingerprint density at radius 2 is 1.56 bits per heavy atom. The molecule has 2 aromatic rings. The van der Waals surface area contributed by atoms with Crippen LogP contribution in [0.15, 0.2) is 70.9 Å². The van der Waals surface area contributed by atoms with E-state index in [0.29, 0.717) is 6.42 Å². The second-order valence-electron chi connectivity index (χ2n) is 10.0. The van der Waals surface area contributed by atoms with Gasteiger partial charge in [-0.15, -0.1) is 0 Å². The summed E-state index contributed by atoms with van der Waals surface area (Å²) in [6, 6.07) is 16.7. The molecule has 8 atom stereocenters. The minimum atomic E-state index is -1.58. The van der Waals surface area contributed by atoms with Crippen molar-refractivity contribution in [3.05, 3.63) is 92.7 Å². The number of nitrogens with zero attached hydrogens (tertiary/aromatic N) is 7. The second kappa shape index (κ2) is 14.7. The highest BCUT2D eigenvalue weighted by atomic mass is 16.7. The van der Waals surface area contributed by atoms with E-state index in [0.717, 1.165) is 11.1 Å². The third kappa shape index (κ3) is 8.09. The first-order chi connectivity index (χ1) is 19.9. The number of ether oxygens (including phenoxy) is 3. The highest BCUT2D eigenvalue weighted by molar-refractivity contribution is 5.67. The number of aliphatic hydroxyl groups excluding tert-OH is 3. The van der Waals surface area contributed by atoms with Crippen LogP contribution in [0.3, 0.4) is 0 Å². The molecule has 4 rings (SSSR count). The van der Waals surface area contributed by atoms with E-state index in [-0.39, 0.29) is 32.5 Å². The maximum Gasteiger partial charge on any atom is 0.410 e. The zero-order valence-electron chi connectivity index (χ0n) is 22.2. The maximum absolute atomic E-state index is 13.2. The number of hydrogen-bond acceptors (Lipinski definition) is 9. The fraction of sp³-hybridized carbons (Fsp3) is 0.519. The lowest BCUT2D eigenvalue weighted by atomic mass is 9.84. The van der Waals surface area contributed by atoms with Crippen LogP contribution >= 0.6 is 0 Å². The lowest BCUT2D eigenvalue weighted by Gasteiger charge is -2.43. The Balaban J connectivity index is 1.45. The number of hydrogen-bond donors (Lipinski definition) is 3. The van der Waals surface area contributed by atoms with E-state index in [1.807, 2.05) is 60.7 Å². The number of azide groups is 2. The summed E-state index contributed by atoms with van der Waals surface area (Å²) in [5.41, 5.74) is 19.5. The molecular formula is C27H33N7O7. The molecule has 2 aromatic carbocycles. The van der Waals surface area contributed by atoms with E-state index in [1.165, 1.54) is 4.90 Å². The molecule has 0 aromatic heterocycles. The van der Waals surface area contributed by atoms with E-state index < -0.39 is 55.0 Å². The molecule has 1 saturated carbocycles. The smallest absolute Gasteiger partial charge is 0.410 e. The number of carbonyl (C=O) groups excluding carboxylic acids is 1. The fourth-order valence-electron chi connectivity index (χ4n) is 5.02. The van der Waals surface area contributed by atoms with Crippen LogP contribution in [-0.2, 0) is 27.4 Å². The highest BCUT2D eigenvalue weighted by Gasteiger charge is 2.46. The van der Waals surface area contributed by atoms with Gasteiger partial charge in [-0.05, 0) is 41.5 Å². The topological polar surface area (TPSA) is 206 Å². The molecule has 2 aliphatic rings. The Labute approximate surface area is 236 Å². The predicted octanol–water partition coefficient (Wildman–Crippen LogP) is 3.56. The lowest BCUT2D eigenvalue weighted by Crippen LogP contribution is -2.58. The maximum atomic E-state index is 13.2. The van der Waals surface area contributed by atoms with Crippen LogP contribution < -0.4 is 0 Å². The molecular weight excluding hydrogens is 534 g/mol. The monoisotopic (exact) mass is 567 g/mol. The number of aliphatic hydroxyl groups is 3. The molecule has 1 heterocycles. The first kappa shape index (κ1) is 30.1. The average Bonchev–Trinajstić information content (AvgIpc) is 2.99. The van der Waals surface area contributed by atoms with Gasteiger partial charge >= 0.3 is 6.09 Å². The summed E-state index contributed by atoms with van der Waals surface area (Å²) in [6.45, 7) is 0.486. The van der Waals surface area contributed by atoms with Crippen molar-refractivity contribution in [3.8, 4) is 0 Å². The average molecular weight is 568 g/mol. The van der Waals surface area contributed by atoms with E-state index in [2.05, 4.69) is 20.1 Å². The SMILES string of the molecule is [N-]=[N+]=NC1CC(N=[N+]=[N-])[C@H](O)[C@@H](O)[C@@H]1O[C@H]1O[C@H](CN(Cc2ccccc2)C(=O)OCc2ccccc2)CC[C@H]1O. The summed E-state index contributed by atoms with van der Waals surface area (Å²) in [5, 5.41) is 38.9. The Hall–Kier alpha value is -3.87. The lowest BCUT2D eigenvalue weighted by molar-refractivity contribution is -0.280. The number of benzene rings is 2. The molecule has 1 amide bonds. The Kier molecular flexibility index (Phi) is 10.8. The molecule has 2 fully saturated rings. The molecule has 0 radical (unpaired) electrons. The zero-order valence-corrected chi connectivity index (χ0v) is 22.2. The van der Waals surface area contributed by atoms with Crippen molar-refractivity contribution in [2.75, 3.05) is 6.54 Å². The molecule has 41 heavy (non-hydrogen) atoms. The minimum absolute atomic E-state index is 0.0681. The Morgan fingerprint density at radius 3 is 2.22 bits per heavy atom. The van der Waals surface area contributed by atoms with Crippen LogP contribution in [0.2, 0.25) is 0 Å². The van der Waals surface area contributed by atoms with Crippen LogP contribution in [0, 0.1) is 0 Å². The normalized spacial score (nSPS) is 29.4. The largest absolute Gasteiger partial charge is 0.445 e. The molecule has 1 aliphatic heterocycles. The van der Waals surface area contributed by atoms with Gasteiger partial charge in [-0.3, -0.25) is 0 Å². The molecule has 2 unspecified atom stereocenters.